The Morgan fingerprint density at radius 1 is 0.800 bits per heavy atom. The molecule has 0 bridgehead atoms. The molecule has 0 amide bonds. The fourth-order valence-electron chi connectivity index (χ4n) is 3.24. The quantitative estimate of drug-likeness (QED) is 0.552. The Bertz CT molecular complexity index is 1070. The van der Waals surface area contributed by atoms with E-state index in [0.29, 0.717) is 5.82 Å². The van der Waals surface area contributed by atoms with Crippen LogP contribution in [0.3, 0.4) is 0 Å². The molecule has 0 aliphatic rings. The highest BCUT2D eigenvalue weighted by atomic mass is 14.9. The molecule has 4 aromatic rings. The van der Waals surface area contributed by atoms with Gasteiger partial charge in [0.25, 0.3) is 0 Å². The SMILES string of the molecule is Cc1ccc(CCc2cnc3c(N)nc4cc(C)ccc4c3c2)cc1. The minimum Gasteiger partial charge on any atom is -0.382 e. The van der Waals surface area contributed by atoms with Crippen LogP contribution in [-0.2, 0) is 12.8 Å². The molecule has 124 valence electrons. The predicted octanol–water partition coefficient (Wildman–Crippen LogP) is 4.77. The van der Waals surface area contributed by atoms with Crippen LogP contribution >= 0.6 is 0 Å². The molecule has 0 radical (unpaired) electrons. The van der Waals surface area contributed by atoms with Crippen LogP contribution in [0, 0.1) is 13.8 Å². The average molecular weight is 327 g/mol. The molecule has 0 unspecified atom stereocenters. The highest BCUT2D eigenvalue weighted by Gasteiger charge is 2.09. The summed E-state index contributed by atoms with van der Waals surface area (Å²) in [6.07, 6.45) is 3.89. The number of aromatic nitrogens is 2. The van der Waals surface area contributed by atoms with Gasteiger partial charge in [0.05, 0.1) is 5.52 Å². The van der Waals surface area contributed by atoms with Crippen LogP contribution in [0.25, 0.3) is 21.8 Å². The van der Waals surface area contributed by atoms with Crippen molar-refractivity contribution in [2.45, 2.75) is 26.7 Å². The first-order chi connectivity index (χ1) is 12.1. The number of nitrogens with zero attached hydrogens (tertiary/aromatic N) is 2. The van der Waals surface area contributed by atoms with E-state index < -0.39 is 0 Å². The molecule has 3 nitrogen and oxygen atoms in total. The molecule has 0 fully saturated rings. The zero-order valence-corrected chi connectivity index (χ0v) is 14.6. The van der Waals surface area contributed by atoms with Crippen LogP contribution in [0.4, 0.5) is 5.82 Å². The second kappa shape index (κ2) is 6.17. The zero-order valence-electron chi connectivity index (χ0n) is 14.6. The summed E-state index contributed by atoms with van der Waals surface area (Å²) in [7, 11) is 0. The first-order valence-electron chi connectivity index (χ1n) is 8.60. The first-order valence-corrected chi connectivity index (χ1v) is 8.60. The summed E-state index contributed by atoms with van der Waals surface area (Å²) in [4.78, 5) is 9.10. The van der Waals surface area contributed by atoms with Crippen molar-refractivity contribution in [2.24, 2.45) is 0 Å². The minimum absolute atomic E-state index is 0.498. The highest BCUT2D eigenvalue weighted by molar-refractivity contribution is 6.08. The second-order valence-corrected chi connectivity index (χ2v) is 6.74. The maximum atomic E-state index is 6.13. The van der Waals surface area contributed by atoms with E-state index in [1.807, 2.05) is 6.20 Å². The zero-order chi connectivity index (χ0) is 17.4. The number of nitrogen functional groups attached to an aromatic ring is 1. The van der Waals surface area contributed by atoms with E-state index in [4.69, 9.17) is 5.73 Å². The lowest BCUT2D eigenvalue weighted by atomic mass is 10.0. The number of fused-ring (bicyclic) bond motifs is 3. The van der Waals surface area contributed by atoms with Crippen molar-refractivity contribution in [3.63, 3.8) is 0 Å². The summed E-state index contributed by atoms with van der Waals surface area (Å²) in [5.74, 6) is 0.498. The van der Waals surface area contributed by atoms with Gasteiger partial charge in [-0.1, -0.05) is 42.0 Å². The summed E-state index contributed by atoms with van der Waals surface area (Å²) < 4.78 is 0. The normalized spacial score (nSPS) is 11.3. The highest BCUT2D eigenvalue weighted by Crippen LogP contribution is 2.28. The van der Waals surface area contributed by atoms with Gasteiger partial charge in [-0.2, -0.15) is 0 Å². The number of aryl methyl sites for hydroxylation is 4. The van der Waals surface area contributed by atoms with E-state index in [1.165, 1.54) is 22.3 Å². The third kappa shape index (κ3) is 3.05. The Morgan fingerprint density at radius 2 is 1.52 bits per heavy atom. The van der Waals surface area contributed by atoms with Crippen LogP contribution < -0.4 is 5.73 Å². The van der Waals surface area contributed by atoms with Crippen molar-refractivity contribution in [2.75, 3.05) is 5.73 Å². The maximum Gasteiger partial charge on any atom is 0.150 e. The molecule has 2 aromatic heterocycles. The van der Waals surface area contributed by atoms with E-state index in [2.05, 4.69) is 72.3 Å². The number of hydrogen-bond donors (Lipinski definition) is 1. The van der Waals surface area contributed by atoms with Gasteiger partial charge < -0.3 is 5.73 Å². The first kappa shape index (κ1) is 15.6. The van der Waals surface area contributed by atoms with Gasteiger partial charge >= 0.3 is 0 Å². The van der Waals surface area contributed by atoms with Gasteiger partial charge in [-0.25, -0.2) is 4.98 Å². The molecule has 4 rings (SSSR count). The average Bonchev–Trinajstić information content (AvgIpc) is 2.61. The number of benzene rings is 2. The van der Waals surface area contributed by atoms with Crippen molar-refractivity contribution in [3.05, 3.63) is 77.0 Å². The largest absolute Gasteiger partial charge is 0.382 e. The van der Waals surface area contributed by atoms with Gasteiger partial charge in [-0.3, -0.25) is 4.98 Å². The van der Waals surface area contributed by atoms with E-state index in [1.54, 1.807) is 0 Å². The lowest BCUT2D eigenvalue weighted by Gasteiger charge is -2.09. The summed E-state index contributed by atoms with van der Waals surface area (Å²) in [5, 5.41) is 2.20. The van der Waals surface area contributed by atoms with Gasteiger partial charge in [0.15, 0.2) is 5.82 Å². The number of nitrogens with two attached hydrogens (primary N) is 1. The van der Waals surface area contributed by atoms with E-state index >= 15 is 0 Å². The second-order valence-electron chi connectivity index (χ2n) is 6.74. The number of pyridine rings is 2. The van der Waals surface area contributed by atoms with Crippen LogP contribution in [0.1, 0.15) is 22.3 Å². The Labute approximate surface area is 147 Å². The topological polar surface area (TPSA) is 51.8 Å². The number of hydrogen-bond acceptors (Lipinski definition) is 3. The molecule has 0 spiro atoms. The standard InChI is InChI=1S/C22H21N3/c1-14-3-6-16(7-4-14)8-9-17-12-19-18-10-5-15(2)11-20(18)25-22(23)21(19)24-13-17/h3-7,10-13H,8-9H2,1-2H3,(H2,23,25). The van der Waals surface area contributed by atoms with Crippen LogP contribution in [-0.4, -0.2) is 9.97 Å². The molecule has 2 N–H and O–H groups in total. The van der Waals surface area contributed by atoms with Crippen molar-refractivity contribution >= 4 is 27.6 Å². The maximum absolute atomic E-state index is 6.13. The van der Waals surface area contributed by atoms with Gasteiger partial charge in [-0.05, 0) is 55.5 Å². The predicted molar refractivity (Wildman–Crippen MR) is 105 cm³/mol. The molecule has 0 atom stereocenters. The van der Waals surface area contributed by atoms with Crippen LogP contribution in [0.5, 0.6) is 0 Å². The minimum atomic E-state index is 0.498. The summed E-state index contributed by atoms with van der Waals surface area (Å²) in [6, 6.07) is 17.2. The van der Waals surface area contributed by atoms with Crippen LogP contribution in [0.15, 0.2) is 54.7 Å². The molecular formula is C22H21N3. The van der Waals surface area contributed by atoms with Crippen molar-refractivity contribution in [1.82, 2.24) is 9.97 Å². The van der Waals surface area contributed by atoms with Gasteiger partial charge in [0.2, 0.25) is 0 Å². The fourth-order valence-corrected chi connectivity index (χ4v) is 3.24. The van der Waals surface area contributed by atoms with Crippen molar-refractivity contribution < 1.29 is 0 Å². The van der Waals surface area contributed by atoms with Gasteiger partial charge in [0, 0.05) is 17.0 Å². The molecule has 2 heterocycles. The fraction of sp³-hybridized carbons (Fsp3) is 0.182. The Hall–Kier alpha value is -2.94. The third-order valence-corrected chi connectivity index (χ3v) is 4.69. The molecular weight excluding hydrogens is 306 g/mol. The lowest BCUT2D eigenvalue weighted by Crippen LogP contribution is -1.98. The smallest absolute Gasteiger partial charge is 0.150 e. The molecule has 0 aliphatic carbocycles. The molecule has 0 saturated heterocycles. The van der Waals surface area contributed by atoms with Crippen molar-refractivity contribution in [1.29, 1.82) is 0 Å². The Balaban J connectivity index is 1.73. The molecule has 2 aromatic carbocycles. The monoisotopic (exact) mass is 327 g/mol. The van der Waals surface area contributed by atoms with E-state index in [9.17, 15) is 0 Å². The lowest BCUT2D eigenvalue weighted by molar-refractivity contribution is 0.954. The molecule has 3 heteroatoms. The summed E-state index contributed by atoms with van der Waals surface area (Å²) in [6.45, 7) is 4.18. The number of rotatable bonds is 3. The Morgan fingerprint density at radius 3 is 2.32 bits per heavy atom. The van der Waals surface area contributed by atoms with Crippen molar-refractivity contribution in [3.8, 4) is 0 Å². The summed E-state index contributed by atoms with van der Waals surface area (Å²) >= 11 is 0. The molecule has 0 saturated carbocycles. The molecule has 0 aliphatic heterocycles. The number of anilines is 1. The van der Waals surface area contributed by atoms with E-state index in [-0.39, 0.29) is 0 Å². The summed E-state index contributed by atoms with van der Waals surface area (Å²) in [5.41, 5.74) is 12.9. The van der Waals surface area contributed by atoms with Gasteiger partial charge in [-0.15, -0.1) is 0 Å². The third-order valence-electron chi connectivity index (χ3n) is 4.69. The van der Waals surface area contributed by atoms with E-state index in [0.717, 1.165) is 34.6 Å². The van der Waals surface area contributed by atoms with Gasteiger partial charge in [0.1, 0.15) is 5.52 Å². The van der Waals surface area contributed by atoms with Crippen LogP contribution in [0.2, 0.25) is 0 Å². The Kier molecular flexibility index (Phi) is 3.85. The molecule has 25 heavy (non-hydrogen) atoms.